The molecule has 6 nitrogen and oxygen atoms in total. The zero-order valence-electron chi connectivity index (χ0n) is 36.1. The van der Waals surface area contributed by atoms with E-state index in [2.05, 4.69) is 93.7 Å². The van der Waals surface area contributed by atoms with Crippen molar-refractivity contribution in [2.45, 2.75) is 200 Å². The number of allylic oxidation sites excluding steroid dienone is 14. The van der Waals surface area contributed by atoms with Crippen LogP contribution >= 0.6 is 0 Å². The number of ether oxygens (including phenoxy) is 3. The highest BCUT2D eigenvalue weighted by Crippen LogP contribution is 2.12. The van der Waals surface area contributed by atoms with Gasteiger partial charge in [-0.3, -0.25) is 14.4 Å². The van der Waals surface area contributed by atoms with Gasteiger partial charge in [0.05, 0.1) is 0 Å². The third kappa shape index (κ3) is 41.7. The van der Waals surface area contributed by atoms with Crippen LogP contribution in [0.2, 0.25) is 0 Å². The van der Waals surface area contributed by atoms with Gasteiger partial charge in [-0.15, -0.1) is 0 Å². The van der Waals surface area contributed by atoms with Gasteiger partial charge < -0.3 is 14.2 Å². The summed E-state index contributed by atoms with van der Waals surface area (Å²) in [7, 11) is 0. The fraction of sp³-hybridized carbons (Fsp3) is 0.660. The van der Waals surface area contributed by atoms with E-state index in [1.54, 1.807) is 0 Å². The van der Waals surface area contributed by atoms with E-state index in [-0.39, 0.29) is 37.5 Å². The maximum Gasteiger partial charge on any atom is 0.306 e. The summed E-state index contributed by atoms with van der Waals surface area (Å²) in [5.74, 6) is -1.02. The molecule has 0 aliphatic carbocycles. The lowest BCUT2D eigenvalue weighted by atomic mass is 10.1. The lowest BCUT2D eigenvalue weighted by Crippen LogP contribution is -2.30. The smallest absolute Gasteiger partial charge is 0.306 e. The number of unbranched alkanes of at least 4 members (excludes halogenated alkanes) is 14. The van der Waals surface area contributed by atoms with Crippen LogP contribution in [0.4, 0.5) is 0 Å². The summed E-state index contributed by atoms with van der Waals surface area (Å²) < 4.78 is 16.6. The van der Waals surface area contributed by atoms with Crippen molar-refractivity contribution in [2.24, 2.45) is 0 Å². The number of carbonyl (C=O) groups is 3. The quantitative estimate of drug-likeness (QED) is 0.0268. The molecule has 0 aromatic rings. The van der Waals surface area contributed by atoms with Gasteiger partial charge in [0, 0.05) is 19.3 Å². The van der Waals surface area contributed by atoms with Crippen LogP contribution in [0.15, 0.2) is 85.1 Å². The molecule has 0 saturated carbocycles. The van der Waals surface area contributed by atoms with E-state index < -0.39 is 6.10 Å². The Balaban J connectivity index is 4.44. The van der Waals surface area contributed by atoms with Crippen molar-refractivity contribution >= 4 is 17.9 Å². The van der Waals surface area contributed by atoms with E-state index in [1.165, 1.54) is 57.8 Å². The summed E-state index contributed by atoms with van der Waals surface area (Å²) in [6.45, 7) is 6.35. The second kappa shape index (κ2) is 44.3. The third-order valence-electron chi connectivity index (χ3n) is 9.15. The van der Waals surface area contributed by atoms with E-state index >= 15 is 0 Å². The van der Waals surface area contributed by atoms with Crippen molar-refractivity contribution in [1.82, 2.24) is 0 Å². The Hall–Kier alpha value is -3.41. The molecule has 0 bridgehead atoms. The SMILES string of the molecule is CC/C=C\C/C=C\C/C=C\C/C=C\C/C=C\C/C=C\CCC(=O)OCC(COC(=O)CCCCCCCCC)OC(=O)CCCCCCC/C=C\CCCCC. The molecule has 0 heterocycles. The first kappa shape index (κ1) is 52.6. The Morgan fingerprint density at radius 1 is 0.375 bits per heavy atom. The van der Waals surface area contributed by atoms with Crippen LogP contribution in [0, 0.1) is 0 Å². The second-order valence-corrected chi connectivity index (χ2v) is 14.6. The summed E-state index contributed by atoms with van der Waals surface area (Å²) in [6.07, 6.45) is 55.9. The summed E-state index contributed by atoms with van der Waals surface area (Å²) in [5, 5.41) is 0. The predicted molar refractivity (Wildman–Crippen MR) is 237 cm³/mol. The average Bonchev–Trinajstić information content (AvgIpc) is 3.19. The van der Waals surface area contributed by atoms with Gasteiger partial charge in [0.2, 0.25) is 0 Å². The maximum atomic E-state index is 12.7. The van der Waals surface area contributed by atoms with E-state index in [4.69, 9.17) is 14.2 Å². The Morgan fingerprint density at radius 3 is 1.23 bits per heavy atom. The fourth-order valence-corrected chi connectivity index (χ4v) is 5.75. The van der Waals surface area contributed by atoms with Gasteiger partial charge >= 0.3 is 17.9 Å². The number of hydrogen-bond acceptors (Lipinski definition) is 6. The molecule has 0 radical (unpaired) electrons. The molecular weight excluding hydrogens is 697 g/mol. The van der Waals surface area contributed by atoms with E-state index in [0.717, 1.165) is 89.9 Å². The minimum Gasteiger partial charge on any atom is -0.462 e. The van der Waals surface area contributed by atoms with Crippen molar-refractivity contribution in [2.75, 3.05) is 13.2 Å². The van der Waals surface area contributed by atoms with Crippen LogP contribution < -0.4 is 0 Å². The van der Waals surface area contributed by atoms with Crippen molar-refractivity contribution in [1.29, 1.82) is 0 Å². The first-order chi connectivity index (χ1) is 27.5. The Bertz CT molecular complexity index is 1120. The maximum absolute atomic E-state index is 12.7. The Labute approximate surface area is 344 Å². The molecule has 0 rings (SSSR count). The topological polar surface area (TPSA) is 78.9 Å². The zero-order valence-corrected chi connectivity index (χ0v) is 36.1. The van der Waals surface area contributed by atoms with Crippen molar-refractivity contribution < 1.29 is 28.6 Å². The van der Waals surface area contributed by atoms with Gasteiger partial charge in [-0.05, 0) is 83.5 Å². The van der Waals surface area contributed by atoms with Crippen molar-refractivity contribution in [3.05, 3.63) is 85.1 Å². The molecule has 1 unspecified atom stereocenters. The Kier molecular flexibility index (Phi) is 41.6. The zero-order chi connectivity index (χ0) is 40.8. The highest BCUT2D eigenvalue weighted by molar-refractivity contribution is 5.71. The van der Waals surface area contributed by atoms with Crippen LogP contribution in [0.5, 0.6) is 0 Å². The van der Waals surface area contributed by atoms with Gasteiger partial charge in [0.15, 0.2) is 6.10 Å². The minimum absolute atomic E-state index is 0.104. The molecular formula is C50H82O6. The third-order valence-corrected chi connectivity index (χ3v) is 9.15. The number of carbonyl (C=O) groups excluding carboxylic acids is 3. The van der Waals surface area contributed by atoms with Crippen LogP contribution in [0.3, 0.4) is 0 Å². The first-order valence-electron chi connectivity index (χ1n) is 22.6. The van der Waals surface area contributed by atoms with E-state index in [9.17, 15) is 14.4 Å². The highest BCUT2D eigenvalue weighted by atomic mass is 16.6. The minimum atomic E-state index is -0.806. The molecule has 0 aromatic heterocycles. The van der Waals surface area contributed by atoms with Gasteiger partial charge in [-0.1, -0.05) is 176 Å². The van der Waals surface area contributed by atoms with Crippen LogP contribution in [0.1, 0.15) is 194 Å². The normalized spacial score (nSPS) is 12.8. The van der Waals surface area contributed by atoms with Gasteiger partial charge in [-0.2, -0.15) is 0 Å². The largest absolute Gasteiger partial charge is 0.462 e. The number of hydrogen-bond donors (Lipinski definition) is 0. The average molecular weight is 779 g/mol. The lowest BCUT2D eigenvalue weighted by Gasteiger charge is -2.18. The predicted octanol–water partition coefficient (Wildman–Crippen LogP) is 14.5. The summed E-state index contributed by atoms with van der Waals surface area (Å²) in [4.78, 5) is 37.6. The monoisotopic (exact) mass is 779 g/mol. The van der Waals surface area contributed by atoms with Gasteiger partial charge in [-0.25, -0.2) is 0 Å². The molecule has 6 heteroatoms. The Morgan fingerprint density at radius 2 is 0.732 bits per heavy atom. The molecule has 0 fully saturated rings. The molecule has 0 amide bonds. The van der Waals surface area contributed by atoms with Gasteiger partial charge in [0.1, 0.15) is 13.2 Å². The number of esters is 3. The highest BCUT2D eigenvalue weighted by Gasteiger charge is 2.19. The van der Waals surface area contributed by atoms with Crippen LogP contribution in [-0.2, 0) is 28.6 Å². The summed E-state index contributed by atoms with van der Waals surface area (Å²) in [5.41, 5.74) is 0. The summed E-state index contributed by atoms with van der Waals surface area (Å²) >= 11 is 0. The molecule has 0 aliphatic rings. The molecule has 0 saturated heterocycles. The van der Waals surface area contributed by atoms with E-state index in [0.29, 0.717) is 19.3 Å². The number of rotatable bonds is 39. The molecule has 0 spiro atoms. The van der Waals surface area contributed by atoms with Crippen LogP contribution in [-0.4, -0.2) is 37.2 Å². The standard InChI is InChI=1S/C50H82O6/c1-4-7-10-13-16-18-20-22-23-24-25-26-27-28-30-31-34-37-40-43-49(52)55-46-47(45-54-48(51)42-39-36-33-15-12-9-6-3)56-50(53)44-41-38-35-32-29-21-19-17-14-11-8-5-2/h7,10,16-19,22-23,25-26,28,30,34,37,47H,4-6,8-9,11-15,20-21,24,27,29,31-33,35-36,38-46H2,1-3H3/b10-7-,18-16-,19-17-,23-22-,26-25-,30-28-,37-34-. The molecule has 56 heavy (non-hydrogen) atoms. The molecule has 0 aromatic carbocycles. The van der Waals surface area contributed by atoms with Crippen LogP contribution in [0.25, 0.3) is 0 Å². The first-order valence-corrected chi connectivity index (χ1v) is 22.6. The summed E-state index contributed by atoms with van der Waals surface area (Å²) in [6, 6.07) is 0. The molecule has 0 aliphatic heterocycles. The molecule has 0 N–H and O–H groups in total. The molecule has 1 atom stereocenters. The second-order valence-electron chi connectivity index (χ2n) is 14.6. The fourth-order valence-electron chi connectivity index (χ4n) is 5.75. The van der Waals surface area contributed by atoms with Crippen molar-refractivity contribution in [3.8, 4) is 0 Å². The van der Waals surface area contributed by atoms with Crippen molar-refractivity contribution in [3.63, 3.8) is 0 Å². The van der Waals surface area contributed by atoms with E-state index in [1.807, 2.05) is 12.2 Å². The lowest BCUT2D eigenvalue weighted by molar-refractivity contribution is -0.166. The van der Waals surface area contributed by atoms with Gasteiger partial charge in [0.25, 0.3) is 0 Å². The molecule has 318 valence electrons.